The topological polar surface area (TPSA) is 46.2 Å². The molecule has 1 aromatic rings. The summed E-state index contributed by atoms with van der Waals surface area (Å²) < 4.78 is 0. The molecule has 0 aromatic heterocycles. The molecule has 1 atom stereocenters. The van der Waals surface area contributed by atoms with Gasteiger partial charge in [-0.2, -0.15) is 0 Å². The third-order valence-electron chi connectivity index (χ3n) is 2.19. The van der Waals surface area contributed by atoms with Crippen LogP contribution in [0, 0.1) is 5.92 Å². The van der Waals surface area contributed by atoms with Gasteiger partial charge in [0.25, 0.3) is 0 Å². The van der Waals surface area contributed by atoms with E-state index in [2.05, 4.69) is 13.8 Å². The van der Waals surface area contributed by atoms with E-state index in [0.717, 1.165) is 12.0 Å². The van der Waals surface area contributed by atoms with Crippen LogP contribution in [0.2, 0.25) is 10.0 Å². The molecule has 1 aromatic carbocycles. The van der Waals surface area contributed by atoms with Crippen LogP contribution >= 0.6 is 23.2 Å². The molecule has 0 aliphatic heterocycles. The number of phenols is 1. The van der Waals surface area contributed by atoms with E-state index in [9.17, 15) is 5.11 Å². The van der Waals surface area contributed by atoms with E-state index in [1.807, 2.05) is 0 Å². The first-order valence-electron chi connectivity index (χ1n) is 4.85. The lowest BCUT2D eigenvalue weighted by molar-refractivity contribution is 0.474. The van der Waals surface area contributed by atoms with Gasteiger partial charge in [-0.05, 0) is 30.0 Å². The van der Waals surface area contributed by atoms with Crippen LogP contribution in [0.1, 0.15) is 31.9 Å². The van der Waals surface area contributed by atoms with E-state index in [4.69, 9.17) is 28.9 Å². The number of nitrogens with two attached hydrogens (primary N) is 1. The molecule has 0 fully saturated rings. The second-order valence-electron chi connectivity index (χ2n) is 4.07. The Labute approximate surface area is 100.0 Å². The highest BCUT2D eigenvalue weighted by Gasteiger charge is 2.13. The fourth-order valence-corrected chi connectivity index (χ4v) is 1.95. The van der Waals surface area contributed by atoms with Gasteiger partial charge in [-0.3, -0.25) is 0 Å². The van der Waals surface area contributed by atoms with Crippen LogP contribution in [0.3, 0.4) is 0 Å². The normalized spacial score (nSPS) is 13.2. The number of aromatic hydroxyl groups is 1. The molecule has 0 spiro atoms. The van der Waals surface area contributed by atoms with Crippen molar-refractivity contribution in [1.29, 1.82) is 0 Å². The van der Waals surface area contributed by atoms with Crippen molar-refractivity contribution in [3.05, 3.63) is 27.7 Å². The number of rotatable bonds is 3. The van der Waals surface area contributed by atoms with Gasteiger partial charge in [-0.1, -0.05) is 37.0 Å². The first-order chi connectivity index (χ1) is 6.91. The molecule has 1 rings (SSSR count). The Kier molecular flexibility index (Phi) is 4.26. The predicted octanol–water partition coefficient (Wildman–Crippen LogP) is 3.74. The highest BCUT2D eigenvalue weighted by molar-refractivity contribution is 6.37. The molecule has 0 aliphatic rings. The second-order valence-corrected chi connectivity index (χ2v) is 4.88. The van der Waals surface area contributed by atoms with Crippen molar-refractivity contribution < 1.29 is 5.11 Å². The summed E-state index contributed by atoms with van der Waals surface area (Å²) in [6, 6.07) is 3.23. The van der Waals surface area contributed by atoms with Gasteiger partial charge < -0.3 is 10.8 Å². The zero-order valence-corrected chi connectivity index (χ0v) is 10.3. The van der Waals surface area contributed by atoms with Crippen molar-refractivity contribution in [3.8, 4) is 5.75 Å². The number of halogens is 2. The fraction of sp³-hybridized carbons (Fsp3) is 0.455. The van der Waals surface area contributed by atoms with Crippen molar-refractivity contribution in [3.63, 3.8) is 0 Å². The molecular weight excluding hydrogens is 233 g/mol. The Morgan fingerprint density at radius 3 is 2.13 bits per heavy atom. The molecular formula is C11H15Cl2NO. The smallest absolute Gasteiger partial charge is 0.152 e. The minimum absolute atomic E-state index is 0.0844. The van der Waals surface area contributed by atoms with E-state index >= 15 is 0 Å². The molecule has 0 unspecified atom stereocenters. The van der Waals surface area contributed by atoms with Crippen LogP contribution in [0.25, 0.3) is 0 Å². The predicted molar refractivity (Wildman–Crippen MR) is 64.5 cm³/mol. The molecule has 0 saturated heterocycles. The van der Waals surface area contributed by atoms with Crippen LogP contribution in [0.15, 0.2) is 12.1 Å². The van der Waals surface area contributed by atoms with Gasteiger partial charge in [0.15, 0.2) is 5.75 Å². The molecule has 0 heterocycles. The molecule has 0 radical (unpaired) electrons. The van der Waals surface area contributed by atoms with E-state index in [0.29, 0.717) is 5.92 Å². The third-order valence-corrected chi connectivity index (χ3v) is 2.77. The van der Waals surface area contributed by atoms with Gasteiger partial charge in [0.05, 0.1) is 10.0 Å². The lowest BCUT2D eigenvalue weighted by Crippen LogP contribution is -2.12. The molecule has 4 heteroatoms. The number of benzene rings is 1. The van der Waals surface area contributed by atoms with E-state index in [1.165, 1.54) is 0 Å². The number of hydrogen-bond acceptors (Lipinski definition) is 2. The summed E-state index contributed by atoms with van der Waals surface area (Å²) in [6.45, 7) is 4.20. The standard InChI is InChI=1S/C11H15Cl2NO/c1-6(2)3-10(14)7-4-8(12)11(15)9(13)5-7/h4-6,10,15H,3,14H2,1-2H3/t10-/m0/s1. The summed E-state index contributed by atoms with van der Waals surface area (Å²) in [5.41, 5.74) is 6.84. The van der Waals surface area contributed by atoms with E-state index < -0.39 is 0 Å². The first kappa shape index (κ1) is 12.6. The number of phenolic OH excluding ortho intramolecular Hbond substituents is 1. The Morgan fingerprint density at radius 2 is 1.73 bits per heavy atom. The molecule has 0 bridgehead atoms. The molecule has 0 aliphatic carbocycles. The van der Waals surface area contributed by atoms with Crippen LogP contribution in [0.4, 0.5) is 0 Å². The summed E-state index contributed by atoms with van der Waals surface area (Å²) >= 11 is 11.6. The number of hydrogen-bond donors (Lipinski definition) is 2. The molecule has 3 N–H and O–H groups in total. The Hall–Kier alpha value is -0.440. The lowest BCUT2D eigenvalue weighted by Gasteiger charge is -2.15. The van der Waals surface area contributed by atoms with Crippen LogP contribution in [-0.2, 0) is 0 Å². The molecule has 0 amide bonds. The van der Waals surface area contributed by atoms with Gasteiger partial charge in [0.2, 0.25) is 0 Å². The van der Waals surface area contributed by atoms with Crippen molar-refractivity contribution in [2.45, 2.75) is 26.3 Å². The summed E-state index contributed by atoms with van der Waals surface area (Å²) in [6.07, 6.45) is 0.859. The van der Waals surface area contributed by atoms with Crippen molar-refractivity contribution in [2.75, 3.05) is 0 Å². The van der Waals surface area contributed by atoms with Crippen molar-refractivity contribution in [2.24, 2.45) is 11.7 Å². The van der Waals surface area contributed by atoms with E-state index in [1.54, 1.807) is 12.1 Å². The summed E-state index contributed by atoms with van der Waals surface area (Å²) in [5, 5.41) is 9.88. The largest absolute Gasteiger partial charge is 0.505 e. The summed E-state index contributed by atoms with van der Waals surface area (Å²) in [4.78, 5) is 0. The van der Waals surface area contributed by atoms with Crippen LogP contribution < -0.4 is 5.73 Å². The van der Waals surface area contributed by atoms with Crippen molar-refractivity contribution in [1.82, 2.24) is 0 Å². The molecule has 84 valence electrons. The quantitative estimate of drug-likeness (QED) is 0.855. The van der Waals surface area contributed by atoms with Gasteiger partial charge in [0.1, 0.15) is 0 Å². The maximum Gasteiger partial charge on any atom is 0.152 e. The first-order valence-corrected chi connectivity index (χ1v) is 5.61. The third kappa shape index (κ3) is 3.26. The molecule has 0 saturated carbocycles. The zero-order valence-electron chi connectivity index (χ0n) is 8.80. The Morgan fingerprint density at radius 1 is 1.27 bits per heavy atom. The zero-order chi connectivity index (χ0) is 11.6. The Bertz CT molecular complexity index is 329. The second kappa shape index (κ2) is 5.06. The van der Waals surface area contributed by atoms with Gasteiger partial charge in [0, 0.05) is 6.04 Å². The van der Waals surface area contributed by atoms with Crippen molar-refractivity contribution >= 4 is 23.2 Å². The Balaban J connectivity index is 2.95. The highest BCUT2D eigenvalue weighted by atomic mass is 35.5. The minimum Gasteiger partial charge on any atom is -0.505 e. The maximum atomic E-state index is 9.39. The lowest BCUT2D eigenvalue weighted by atomic mass is 9.98. The summed E-state index contributed by atoms with van der Waals surface area (Å²) in [5.74, 6) is 0.421. The highest BCUT2D eigenvalue weighted by Crippen LogP contribution is 2.35. The minimum atomic E-state index is -0.0967. The van der Waals surface area contributed by atoms with Gasteiger partial charge in [-0.15, -0.1) is 0 Å². The summed E-state index contributed by atoms with van der Waals surface area (Å²) in [7, 11) is 0. The van der Waals surface area contributed by atoms with Crippen LogP contribution in [-0.4, -0.2) is 5.11 Å². The monoisotopic (exact) mass is 247 g/mol. The average Bonchev–Trinajstić information content (AvgIpc) is 2.12. The van der Waals surface area contributed by atoms with E-state index in [-0.39, 0.29) is 21.8 Å². The fourth-order valence-electron chi connectivity index (χ4n) is 1.44. The van der Waals surface area contributed by atoms with Crippen LogP contribution in [0.5, 0.6) is 5.75 Å². The average molecular weight is 248 g/mol. The molecule has 15 heavy (non-hydrogen) atoms. The SMILES string of the molecule is CC(C)C[C@H](N)c1cc(Cl)c(O)c(Cl)c1. The van der Waals surface area contributed by atoms with Gasteiger partial charge in [-0.25, -0.2) is 0 Å². The maximum absolute atomic E-state index is 9.39. The van der Waals surface area contributed by atoms with Gasteiger partial charge >= 0.3 is 0 Å². The molecule has 2 nitrogen and oxygen atoms in total.